The summed E-state index contributed by atoms with van der Waals surface area (Å²) in [5.74, 6) is 0. The molecule has 6 nitrogen and oxygen atoms in total. The van der Waals surface area contributed by atoms with Gasteiger partial charge in [0.15, 0.2) is 0 Å². The first-order chi connectivity index (χ1) is 3.42. The van der Waals surface area contributed by atoms with E-state index in [1.807, 2.05) is 0 Å². The summed E-state index contributed by atoms with van der Waals surface area (Å²) in [7, 11) is -8.39. The summed E-state index contributed by atoms with van der Waals surface area (Å²) in [5.41, 5.74) is 0. The molecule has 0 aromatic carbocycles. The zero-order valence-corrected chi connectivity index (χ0v) is 7.10. The smallest absolute Gasteiger partial charge is 0.870 e. The van der Waals surface area contributed by atoms with E-state index in [9.17, 15) is 24.4 Å². The summed E-state index contributed by atoms with van der Waals surface area (Å²) in [6.07, 6.45) is 0. The van der Waals surface area contributed by atoms with Crippen LogP contribution in [0.2, 0.25) is 0 Å². The first-order valence-corrected chi connectivity index (χ1v) is 2.90. The minimum atomic E-state index is -5.35. The van der Waals surface area contributed by atoms with Gasteiger partial charge in [0.05, 0.1) is 7.32 Å². The molecule has 0 unspecified atom stereocenters. The molecular formula is AlBLiO6P. The molecule has 0 aliphatic rings. The molecule has 10 heteroatoms. The van der Waals surface area contributed by atoms with Crippen molar-refractivity contribution in [3.63, 3.8) is 0 Å². The predicted octanol–water partition coefficient (Wildman–Crippen LogP) is -7.84. The summed E-state index contributed by atoms with van der Waals surface area (Å²) in [5, 5.41) is 18.4. The Morgan fingerprint density at radius 3 is 1.60 bits per heavy atom. The molecule has 0 aromatic rings. The normalized spacial score (nSPS) is 9.20. The summed E-state index contributed by atoms with van der Waals surface area (Å²) in [4.78, 5) is 18.6. The van der Waals surface area contributed by atoms with Crippen molar-refractivity contribution in [2.24, 2.45) is 0 Å². The van der Waals surface area contributed by atoms with Crippen LogP contribution < -0.4 is 38.7 Å². The van der Waals surface area contributed by atoms with Gasteiger partial charge in [0.1, 0.15) is 0 Å². The Balaban J connectivity index is -0.000000245. The van der Waals surface area contributed by atoms with Gasteiger partial charge in [-0.05, 0) is 0 Å². The van der Waals surface area contributed by atoms with Crippen molar-refractivity contribution >= 4 is 32.5 Å². The van der Waals surface area contributed by atoms with Crippen molar-refractivity contribution < 1.29 is 47.7 Å². The van der Waals surface area contributed by atoms with Crippen LogP contribution in [0.3, 0.4) is 0 Å². The molecular weight excluding hydrogens is 172 g/mol. The van der Waals surface area contributed by atoms with Crippen molar-refractivity contribution in [3.8, 4) is 0 Å². The average Bonchev–Trinajstić information content (AvgIpc) is 1.21. The Labute approximate surface area is 80.3 Å². The molecule has 0 saturated carbocycles. The average molecular weight is 172 g/mol. The van der Waals surface area contributed by atoms with Crippen LogP contribution in [0.15, 0.2) is 0 Å². The molecule has 48 valence electrons. The third-order valence-electron chi connectivity index (χ3n) is 0.215. The second-order valence-electron chi connectivity index (χ2n) is 0.841. The minimum Gasteiger partial charge on any atom is -0.870 e. The summed E-state index contributed by atoms with van der Waals surface area (Å²) < 4.78 is 12.1. The van der Waals surface area contributed by atoms with Crippen molar-refractivity contribution in [2.75, 3.05) is 0 Å². The first-order valence-electron chi connectivity index (χ1n) is 1.44. The zero-order chi connectivity index (χ0) is 6.78. The number of hydrogen-bond donors (Lipinski definition) is 0. The van der Waals surface area contributed by atoms with Gasteiger partial charge in [0, 0.05) is 7.82 Å². The SMILES string of the molecule is O=P([O-])([O-])OB([O-])[O-].[Al+3].[Li+]. The second kappa shape index (κ2) is 6.91. The quantitative estimate of drug-likeness (QED) is 0.301. The molecule has 0 N–H and O–H groups in total. The van der Waals surface area contributed by atoms with Gasteiger partial charge in [0.2, 0.25) is 0 Å². The molecule has 0 aliphatic heterocycles. The van der Waals surface area contributed by atoms with Crippen LogP contribution in [0.5, 0.6) is 0 Å². The number of rotatable bonds is 2. The maximum absolute atomic E-state index is 9.29. The van der Waals surface area contributed by atoms with E-state index in [1.165, 1.54) is 0 Å². The first kappa shape index (κ1) is 17.3. The van der Waals surface area contributed by atoms with Gasteiger partial charge in [-0.25, -0.2) is 0 Å². The predicted molar refractivity (Wildman–Crippen MR) is 20.2 cm³/mol. The monoisotopic (exact) mass is 172 g/mol. The van der Waals surface area contributed by atoms with E-state index in [2.05, 4.69) is 4.44 Å². The number of phosphoric acid groups is 1. The Morgan fingerprint density at radius 1 is 1.30 bits per heavy atom. The molecule has 0 fully saturated rings. The number of hydrogen-bond acceptors (Lipinski definition) is 6. The van der Waals surface area contributed by atoms with Crippen LogP contribution in [0.25, 0.3) is 0 Å². The van der Waals surface area contributed by atoms with E-state index >= 15 is 0 Å². The summed E-state index contributed by atoms with van der Waals surface area (Å²) >= 11 is 0. The van der Waals surface area contributed by atoms with Crippen molar-refractivity contribution in [2.45, 2.75) is 0 Å². The van der Waals surface area contributed by atoms with E-state index < -0.39 is 15.1 Å². The van der Waals surface area contributed by atoms with E-state index in [0.717, 1.165) is 0 Å². The van der Waals surface area contributed by atoms with Crippen molar-refractivity contribution in [3.05, 3.63) is 0 Å². The fourth-order valence-electron chi connectivity index (χ4n) is 0.105. The standard InChI is InChI=1S/Al.BH2O6P.Li/c;2-1(3)7-8(4,5)6;/h;(H2,4,5,6);/q+3;-2;+1/p-2. The summed E-state index contributed by atoms with van der Waals surface area (Å²) in [6.45, 7) is 0. The van der Waals surface area contributed by atoms with E-state index in [-0.39, 0.29) is 36.2 Å². The van der Waals surface area contributed by atoms with Crippen LogP contribution in [-0.2, 0) is 9.01 Å². The van der Waals surface area contributed by atoms with Gasteiger partial charge >= 0.3 is 36.2 Å². The van der Waals surface area contributed by atoms with E-state index in [1.54, 1.807) is 0 Å². The van der Waals surface area contributed by atoms with Gasteiger partial charge in [-0.3, -0.25) is 0 Å². The fraction of sp³-hybridized carbons (Fsp3) is 0. The van der Waals surface area contributed by atoms with Crippen LogP contribution >= 0.6 is 7.82 Å². The third kappa shape index (κ3) is 16.1. The Kier molecular flexibility index (Phi) is 12.0. The Bertz CT molecular complexity index is 110. The van der Waals surface area contributed by atoms with Gasteiger partial charge in [-0.1, -0.05) is 0 Å². The topological polar surface area (TPSA) is 119 Å². The molecule has 0 radical (unpaired) electrons. The second-order valence-corrected chi connectivity index (χ2v) is 1.95. The van der Waals surface area contributed by atoms with Crippen LogP contribution in [-0.4, -0.2) is 24.7 Å². The fourth-order valence-corrected chi connectivity index (χ4v) is 0.316. The Morgan fingerprint density at radius 2 is 1.60 bits per heavy atom. The van der Waals surface area contributed by atoms with E-state index in [4.69, 9.17) is 0 Å². The molecule has 0 spiro atoms. The molecule has 0 aliphatic carbocycles. The van der Waals surface area contributed by atoms with Crippen molar-refractivity contribution in [1.82, 2.24) is 0 Å². The van der Waals surface area contributed by atoms with Crippen molar-refractivity contribution in [1.29, 1.82) is 0 Å². The molecule has 0 heterocycles. The largest absolute Gasteiger partial charge is 3.00 e. The molecule has 0 saturated heterocycles. The molecule has 0 bridgehead atoms. The van der Waals surface area contributed by atoms with Gasteiger partial charge in [-0.2, -0.15) is 0 Å². The molecule has 0 atom stereocenters. The molecule has 0 amide bonds. The maximum Gasteiger partial charge on any atom is 3.00 e. The van der Waals surface area contributed by atoms with Gasteiger partial charge < -0.3 is 28.8 Å². The van der Waals surface area contributed by atoms with E-state index in [0.29, 0.717) is 0 Å². The zero-order valence-electron chi connectivity index (χ0n) is 5.05. The van der Waals surface area contributed by atoms with Gasteiger partial charge in [0.25, 0.3) is 0 Å². The van der Waals surface area contributed by atoms with Crippen LogP contribution in [0.4, 0.5) is 0 Å². The summed E-state index contributed by atoms with van der Waals surface area (Å²) in [6, 6.07) is 0. The minimum absolute atomic E-state index is 0. The third-order valence-corrected chi connectivity index (χ3v) is 0.645. The molecule has 0 rings (SSSR count). The molecule has 0 aromatic heterocycles. The van der Waals surface area contributed by atoms with Crippen LogP contribution in [0.1, 0.15) is 0 Å². The van der Waals surface area contributed by atoms with Crippen LogP contribution in [0, 0.1) is 0 Å². The van der Waals surface area contributed by atoms with Gasteiger partial charge in [-0.15, -0.1) is 0 Å². The maximum atomic E-state index is 9.29. The molecule has 10 heavy (non-hydrogen) atoms. The Hall–Kier alpha value is 1.22.